The molecule has 8 nitrogen and oxygen atoms in total. The summed E-state index contributed by atoms with van der Waals surface area (Å²) in [5.41, 5.74) is 1.67. The van der Waals surface area contributed by atoms with Gasteiger partial charge in [-0.1, -0.05) is 17.3 Å². The second-order valence-electron chi connectivity index (χ2n) is 4.21. The Morgan fingerprint density at radius 3 is 2.85 bits per heavy atom. The van der Waals surface area contributed by atoms with E-state index in [2.05, 4.69) is 35.9 Å². The van der Waals surface area contributed by atoms with Gasteiger partial charge in [0.1, 0.15) is 5.69 Å². The molecule has 0 radical (unpaired) electrons. The number of carbonyl (C=O) groups excluding carboxylic acids is 1. The summed E-state index contributed by atoms with van der Waals surface area (Å²) < 4.78 is 0. The fourth-order valence-electron chi connectivity index (χ4n) is 1.75. The van der Waals surface area contributed by atoms with Crippen LogP contribution >= 0.6 is 0 Å². The Bertz CT molecular complexity index is 740. The molecule has 0 fully saturated rings. The van der Waals surface area contributed by atoms with Crippen LogP contribution in [0.4, 0.5) is 0 Å². The number of nitrogens with zero attached hydrogens (tertiary/aromatic N) is 5. The molecule has 1 aromatic carbocycles. The molecule has 1 amide bonds. The standard InChI is InChI=1S/C12H11N7O/c1-7(11-16-18-19-17-11)14-12(20)10-6-13-8-4-2-3-5-9(8)15-10/h2-7H,1H3,(H,14,20)(H,16,17,18,19). The first-order valence-corrected chi connectivity index (χ1v) is 6.00. The van der Waals surface area contributed by atoms with Crippen molar-refractivity contribution >= 4 is 16.9 Å². The van der Waals surface area contributed by atoms with Crippen LogP contribution in [-0.2, 0) is 0 Å². The van der Waals surface area contributed by atoms with Crippen LogP contribution in [-0.4, -0.2) is 36.5 Å². The van der Waals surface area contributed by atoms with Gasteiger partial charge in [0.05, 0.1) is 23.3 Å². The third kappa shape index (κ3) is 2.30. The van der Waals surface area contributed by atoms with Gasteiger partial charge in [0.2, 0.25) is 0 Å². The molecule has 0 aliphatic rings. The summed E-state index contributed by atoms with van der Waals surface area (Å²) in [7, 11) is 0. The van der Waals surface area contributed by atoms with E-state index in [4.69, 9.17) is 0 Å². The lowest BCUT2D eigenvalue weighted by atomic mass is 10.2. The quantitative estimate of drug-likeness (QED) is 0.721. The van der Waals surface area contributed by atoms with Crippen LogP contribution in [0.2, 0.25) is 0 Å². The van der Waals surface area contributed by atoms with Crippen LogP contribution < -0.4 is 5.32 Å². The van der Waals surface area contributed by atoms with E-state index in [1.54, 1.807) is 6.92 Å². The number of aromatic nitrogens is 6. The first-order chi connectivity index (χ1) is 9.74. The minimum absolute atomic E-state index is 0.249. The van der Waals surface area contributed by atoms with Gasteiger partial charge in [0.15, 0.2) is 5.82 Å². The number of H-pyrrole nitrogens is 1. The Kier molecular flexibility index (Phi) is 3.04. The second-order valence-corrected chi connectivity index (χ2v) is 4.21. The molecular formula is C12H11N7O. The van der Waals surface area contributed by atoms with Gasteiger partial charge in [-0.3, -0.25) is 9.78 Å². The van der Waals surface area contributed by atoms with Crippen LogP contribution in [0.15, 0.2) is 30.5 Å². The van der Waals surface area contributed by atoms with Crippen molar-refractivity contribution in [1.82, 2.24) is 35.9 Å². The highest BCUT2D eigenvalue weighted by Crippen LogP contribution is 2.10. The molecule has 0 bridgehead atoms. The highest BCUT2D eigenvalue weighted by molar-refractivity contribution is 5.93. The monoisotopic (exact) mass is 269 g/mol. The average Bonchev–Trinajstić information content (AvgIpc) is 3.01. The lowest BCUT2D eigenvalue weighted by molar-refractivity contribution is 0.0933. The zero-order chi connectivity index (χ0) is 13.9. The van der Waals surface area contributed by atoms with Crippen molar-refractivity contribution in [2.45, 2.75) is 13.0 Å². The third-order valence-corrected chi connectivity index (χ3v) is 2.78. The normalized spacial score (nSPS) is 12.2. The van der Waals surface area contributed by atoms with Crippen LogP contribution in [0.1, 0.15) is 29.3 Å². The minimum atomic E-state index is -0.366. The molecule has 2 heterocycles. The van der Waals surface area contributed by atoms with Gasteiger partial charge in [-0.2, -0.15) is 5.21 Å². The number of hydrogen-bond donors (Lipinski definition) is 2. The summed E-state index contributed by atoms with van der Waals surface area (Å²) in [6, 6.07) is 7.00. The molecule has 0 aliphatic heterocycles. The fraction of sp³-hybridized carbons (Fsp3) is 0.167. The Hall–Kier alpha value is -2.90. The molecule has 1 atom stereocenters. The summed E-state index contributed by atoms with van der Waals surface area (Å²) in [5.74, 6) is 0.0765. The van der Waals surface area contributed by atoms with Crippen molar-refractivity contribution in [3.63, 3.8) is 0 Å². The van der Waals surface area contributed by atoms with Gasteiger partial charge in [-0.05, 0) is 19.1 Å². The minimum Gasteiger partial charge on any atom is -0.341 e. The molecule has 3 rings (SSSR count). The molecule has 0 aliphatic carbocycles. The Balaban J connectivity index is 1.82. The van der Waals surface area contributed by atoms with Gasteiger partial charge in [0.25, 0.3) is 5.91 Å². The number of benzene rings is 1. The van der Waals surface area contributed by atoms with Crippen molar-refractivity contribution in [2.24, 2.45) is 0 Å². The van der Waals surface area contributed by atoms with E-state index >= 15 is 0 Å². The number of tetrazole rings is 1. The average molecular weight is 269 g/mol. The maximum atomic E-state index is 12.1. The van der Waals surface area contributed by atoms with E-state index in [0.29, 0.717) is 11.3 Å². The lowest BCUT2D eigenvalue weighted by Crippen LogP contribution is -2.28. The molecule has 1 unspecified atom stereocenters. The van der Waals surface area contributed by atoms with E-state index in [1.807, 2.05) is 24.3 Å². The van der Waals surface area contributed by atoms with Gasteiger partial charge in [-0.25, -0.2) is 4.98 Å². The third-order valence-electron chi connectivity index (χ3n) is 2.78. The van der Waals surface area contributed by atoms with Crippen LogP contribution in [0.25, 0.3) is 11.0 Å². The fourth-order valence-corrected chi connectivity index (χ4v) is 1.75. The number of carbonyl (C=O) groups is 1. The molecule has 2 N–H and O–H groups in total. The predicted octanol–water partition coefficient (Wildman–Crippen LogP) is 0.634. The molecule has 0 saturated heterocycles. The summed E-state index contributed by atoms with van der Waals surface area (Å²) >= 11 is 0. The SMILES string of the molecule is CC(NC(=O)c1cnc2ccccc2n1)c1nn[nH]n1. The molecule has 0 spiro atoms. The summed E-state index contributed by atoms with van der Waals surface area (Å²) in [5, 5.41) is 16.2. The van der Waals surface area contributed by atoms with E-state index in [9.17, 15) is 4.79 Å². The Labute approximate surface area is 113 Å². The largest absolute Gasteiger partial charge is 0.341 e. The van der Waals surface area contributed by atoms with Crippen molar-refractivity contribution in [1.29, 1.82) is 0 Å². The van der Waals surface area contributed by atoms with Crippen molar-refractivity contribution < 1.29 is 4.79 Å². The predicted molar refractivity (Wildman–Crippen MR) is 69.6 cm³/mol. The smallest absolute Gasteiger partial charge is 0.272 e. The summed E-state index contributed by atoms with van der Waals surface area (Å²) in [6.07, 6.45) is 1.45. The maximum Gasteiger partial charge on any atom is 0.272 e. The number of hydrogen-bond acceptors (Lipinski definition) is 6. The Morgan fingerprint density at radius 1 is 1.30 bits per heavy atom. The zero-order valence-corrected chi connectivity index (χ0v) is 10.6. The first-order valence-electron chi connectivity index (χ1n) is 6.00. The van der Waals surface area contributed by atoms with Crippen LogP contribution in [0.5, 0.6) is 0 Å². The van der Waals surface area contributed by atoms with Gasteiger partial charge >= 0.3 is 0 Å². The van der Waals surface area contributed by atoms with Crippen molar-refractivity contribution in [2.75, 3.05) is 0 Å². The first kappa shape index (κ1) is 12.2. The number of aromatic amines is 1. The number of nitrogens with one attached hydrogen (secondary N) is 2. The molecule has 8 heteroatoms. The second kappa shape index (κ2) is 5.00. The zero-order valence-electron chi connectivity index (χ0n) is 10.6. The lowest BCUT2D eigenvalue weighted by Gasteiger charge is -2.09. The molecular weight excluding hydrogens is 258 g/mol. The van der Waals surface area contributed by atoms with E-state index < -0.39 is 0 Å². The number of amides is 1. The molecule has 0 saturated carbocycles. The van der Waals surface area contributed by atoms with Gasteiger partial charge < -0.3 is 5.32 Å². The highest BCUT2D eigenvalue weighted by Gasteiger charge is 2.16. The summed E-state index contributed by atoms with van der Waals surface area (Å²) in [6.45, 7) is 1.76. The maximum absolute atomic E-state index is 12.1. The van der Waals surface area contributed by atoms with Crippen molar-refractivity contribution in [3.8, 4) is 0 Å². The number of rotatable bonds is 3. The molecule has 100 valence electrons. The van der Waals surface area contributed by atoms with Gasteiger partial charge in [0, 0.05) is 0 Å². The molecule has 20 heavy (non-hydrogen) atoms. The number of para-hydroxylation sites is 2. The van der Waals surface area contributed by atoms with E-state index in [0.717, 1.165) is 5.52 Å². The van der Waals surface area contributed by atoms with E-state index in [1.165, 1.54) is 6.20 Å². The Morgan fingerprint density at radius 2 is 2.10 bits per heavy atom. The molecule has 3 aromatic rings. The molecule has 2 aromatic heterocycles. The van der Waals surface area contributed by atoms with E-state index in [-0.39, 0.29) is 17.6 Å². The summed E-state index contributed by atoms with van der Waals surface area (Å²) in [4.78, 5) is 20.6. The number of fused-ring (bicyclic) bond motifs is 1. The van der Waals surface area contributed by atoms with Gasteiger partial charge in [-0.15, -0.1) is 10.2 Å². The van der Waals surface area contributed by atoms with Crippen LogP contribution in [0, 0.1) is 0 Å². The topological polar surface area (TPSA) is 109 Å². The van der Waals surface area contributed by atoms with Crippen LogP contribution in [0.3, 0.4) is 0 Å². The highest BCUT2D eigenvalue weighted by atomic mass is 16.2. The van der Waals surface area contributed by atoms with Crippen molar-refractivity contribution in [3.05, 3.63) is 42.0 Å².